The Morgan fingerprint density at radius 2 is 1.60 bits per heavy atom. The number of halogens is 1. The summed E-state index contributed by atoms with van der Waals surface area (Å²) in [5.41, 5.74) is 1.69. The molecule has 3 rings (SSSR count). The van der Waals surface area contributed by atoms with Crippen LogP contribution in [0.1, 0.15) is 25.0 Å². The van der Waals surface area contributed by atoms with E-state index in [1.165, 1.54) is 24.1 Å². The maximum atomic E-state index is 14.0. The average Bonchev–Trinajstić information content (AvgIpc) is 2.92. The van der Waals surface area contributed by atoms with E-state index in [-0.39, 0.29) is 30.5 Å². The molecule has 0 heterocycles. The van der Waals surface area contributed by atoms with E-state index in [1.807, 2.05) is 50.2 Å². The summed E-state index contributed by atoms with van der Waals surface area (Å²) in [5.74, 6) is -0.700. The SMILES string of the molecule is COc1cccc(CN(C(=O)CN(c2ccc(F)cc2)S(C)(=O)=O)C(Cc2ccccc2)C(=O)NCC(C)C)c1. The molecule has 0 saturated heterocycles. The van der Waals surface area contributed by atoms with Gasteiger partial charge in [0.1, 0.15) is 24.2 Å². The molecule has 3 aromatic carbocycles. The summed E-state index contributed by atoms with van der Waals surface area (Å²) in [6, 6.07) is 20.4. The van der Waals surface area contributed by atoms with Gasteiger partial charge in [-0.25, -0.2) is 12.8 Å². The molecule has 1 unspecified atom stereocenters. The van der Waals surface area contributed by atoms with Crippen molar-refractivity contribution < 1.29 is 27.1 Å². The summed E-state index contributed by atoms with van der Waals surface area (Å²) in [6.07, 6.45) is 1.20. The van der Waals surface area contributed by atoms with Crippen LogP contribution in [-0.4, -0.2) is 57.6 Å². The van der Waals surface area contributed by atoms with Crippen LogP contribution in [0, 0.1) is 11.7 Å². The van der Waals surface area contributed by atoms with E-state index in [0.717, 1.165) is 28.3 Å². The van der Waals surface area contributed by atoms with Gasteiger partial charge in [-0.15, -0.1) is 0 Å². The fourth-order valence-electron chi connectivity index (χ4n) is 4.17. The highest BCUT2D eigenvalue weighted by atomic mass is 32.2. The van der Waals surface area contributed by atoms with Crippen molar-refractivity contribution in [2.45, 2.75) is 32.9 Å². The lowest BCUT2D eigenvalue weighted by Gasteiger charge is -2.33. The number of sulfonamides is 1. The standard InChI is InChI=1S/C30H36FN3O5S/c1-22(2)19-32-30(36)28(18-23-9-6-5-7-10-23)33(20-24-11-8-12-27(17-24)39-3)29(35)21-34(40(4,37)38)26-15-13-25(31)14-16-26/h5-17,22,28H,18-21H2,1-4H3,(H,32,36). The molecule has 0 aliphatic rings. The first kappa shape index (κ1) is 30.6. The summed E-state index contributed by atoms with van der Waals surface area (Å²) in [7, 11) is -2.39. The zero-order valence-electron chi connectivity index (χ0n) is 23.2. The number of benzene rings is 3. The molecule has 1 N–H and O–H groups in total. The van der Waals surface area contributed by atoms with Crippen LogP contribution in [0.25, 0.3) is 0 Å². The largest absolute Gasteiger partial charge is 0.497 e. The second kappa shape index (κ2) is 13.9. The highest BCUT2D eigenvalue weighted by Gasteiger charge is 2.33. The van der Waals surface area contributed by atoms with Crippen LogP contribution in [-0.2, 0) is 32.6 Å². The monoisotopic (exact) mass is 569 g/mol. The Bertz CT molecular complexity index is 1380. The summed E-state index contributed by atoms with van der Waals surface area (Å²) in [5, 5.41) is 2.94. The number of ether oxygens (including phenoxy) is 1. The number of anilines is 1. The van der Waals surface area contributed by atoms with Crippen LogP contribution in [0.4, 0.5) is 10.1 Å². The lowest BCUT2D eigenvalue weighted by atomic mass is 10.0. The fraction of sp³-hybridized carbons (Fsp3) is 0.333. The minimum Gasteiger partial charge on any atom is -0.497 e. The Labute approximate surface area is 235 Å². The van der Waals surface area contributed by atoms with Gasteiger partial charge in [0.15, 0.2) is 0 Å². The van der Waals surface area contributed by atoms with Crippen molar-refractivity contribution in [3.8, 4) is 5.75 Å². The topological polar surface area (TPSA) is 96.0 Å². The van der Waals surface area contributed by atoms with E-state index in [9.17, 15) is 22.4 Å². The number of carbonyl (C=O) groups is 2. The molecule has 2 amide bonds. The third kappa shape index (κ3) is 8.81. The zero-order valence-corrected chi connectivity index (χ0v) is 24.0. The first-order chi connectivity index (χ1) is 19.0. The predicted octanol–water partition coefficient (Wildman–Crippen LogP) is 4.01. The number of nitrogens with one attached hydrogen (secondary N) is 1. The Kier molecular flexibility index (Phi) is 10.7. The predicted molar refractivity (Wildman–Crippen MR) is 154 cm³/mol. The molecule has 10 heteroatoms. The minimum atomic E-state index is -3.93. The summed E-state index contributed by atoms with van der Waals surface area (Å²) in [4.78, 5) is 29.0. The number of amides is 2. The molecule has 1 atom stereocenters. The molecule has 0 radical (unpaired) electrons. The molecule has 0 spiro atoms. The summed E-state index contributed by atoms with van der Waals surface area (Å²) < 4.78 is 45.3. The van der Waals surface area contributed by atoms with Gasteiger partial charge in [-0.05, 0) is 53.4 Å². The lowest BCUT2D eigenvalue weighted by molar-refractivity contribution is -0.140. The number of nitrogens with zero attached hydrogens (tertiary/aromatic N) is 2. The second-order valence-corrected chi connectivity index (χ2v) is 11.9. The molecule has 0 aliphatic heterocycles. The van der Waals surface area contributed by atoms with Gasteiger partial charge in [0.05, 0.1) is 19.1 Å². The van der Waals surface area contributed by atoms with Crippen LogP contribution in [0.5, 0.6) is 5.75 Å². The van der Waals surface area contributed by atoms with E-state index in [2.05, 4.69) is 5.32 Å². The maximum absolute atomic E-state index is 14.0. The third-order valence-corrected chi connectivity index (χ3v) is 7.38. The van der Waals surface area contributed by atoms with E-state index in [0.29, 0.717) is 17.9 Å². The summed E-state index contributed by atoms with van der Waals surface area (Å²) >= 11 is 0. The van der Waals surface area contributed by atoms with Crippen molar-refractivity contribution in [2.75, 3.05) is 30.8 Å². The van der Waals surface area contributed by atoms with Crippen molar-refractivity contribution >= 4 is 27.5 Å². The molecule has 0 aliphatic carbocycles. The molecular weight excluding hydrogens is 533 g/mol. The first-order valence-corrected chi connectivity index (χ1v) is 14.8. The lowest BCUT2D eigenvalue weighted by Crippen LogP contribution is -2.53. The molecule has 214 valence electrons. The van der Waals surface area contributed by atoms with Gasteiger partial charge in [0.2, 0.25) is 21.8 Å². The Morgan fingerprint density at radius 3 is 2.20 bits per heavy atom. The third-order valence-electron chi connectivity index (χ3n) is 6.24. The smallest absolute Gasteiger partial charge is 0.244 e. The molecule has 0 bridgehead atoms. The van der Waals surface area contributed by atoms with Crippen molar-refractivity contribution in [3.05, 3.63) is 95.8 Å². The van der Waals surface area contributed by atoms with E-state index < -0.39 is 34.3 Å². The Hall–Kier alpha value is -3.92. The number of carbonyl (C=O) groups excluding carboxylic acids is 2. The Balaban J connectivity index is 2.05. The Morgan fingerprint density at radius 1 is 0.950 bits per heavy atom. The van der Waals surface area contributed by atoms with Gasteiger partial charge in [0.25, 0.3) is 0 Å². The van der Waals surface area contributed by atoms with Crippen molar-refractivity contribution in [2.24, 2.45) is 5.92 Å². The molecule has 0 fully saturated rings. The normalized spacial score (nSPS) is 12.1. The van der Waals surface area contributed by atoms with Crippen molar-refractivity contribution in [1.29, 1.82) is 0 Å². The maximum Gasteiger partial charge on any atom is 0.244 e. The quantitative estimate of drug-likeness (QED) is 0.336. The first-order valence-electron chi connectivity index (χ1n) is 12.9. The van der Waals surface area contributed by atoms with Gasteiger partial charge < -0.3 is 15.0 Å². The highest BCUT2D eigenvalue weighted by molar-refractivity contribution is 7.92. The summed E-state index contributed by atoms with van der Waals surface area (Å²) in [6.45, 7) is 3.81. The van der Waals surface area contributed by atoms with E-state index in [4.69, 9.17) is 4.74 Å². The van der Waals surface area contributed by atoms with E-state index >= 15 is 0 Å². The van der Waals surface area contributed by atoms with Crippen LogP contribution < -0.4 is 14.4 Å². The number of rotatable bonds is 13. The molecule has 40 heavy (non-hydrogen) atoms. The molecule has 0 saturated carbocycles. The second-order valence-electron chi connectivity index (χ2n) is 9.96. The number of hydrogen-bond donors (Lipinski definition) is 1. The van der Waals surface area contributed by atoms with E-state index in [1.54, 1.807) is 18.2 Å². The molecule has 3 aromatic rings. The van der Waals surface area contributed by atoms with Gasteiger partial charge in [-0.1, -0.05) is 56.3 Å². The van der Waals surface area contributed by atoms with Gasteiger partial charge in [-0.2, -0.15) is 0 Å². The van der Waals surface area contributed by atoms with Gasteiger partial charge in [-0.3, -0.25) is 13.9 Å². The van der Waals surface area contributed by atoms with Crippen LogP contribution in [0.3, 0.4) is 0 Å². The zero-order chi connectivity index (χ0) is 29.3. The van der Waals surface area contributed by atoms with Crippen LogP contribution in [0.15, 0.2) is 78.9 Å². The van der Waals surface area contributed by atoms with Crippen LogP contribution in [0.2, 0.25) is 0 Å². The molecule has 8 nitrogen and oxygen atoms in total. The molecular formula is C30H36FN3O5S. The van der Waals surface area contributed by atoms with Crippen molar-refractivity contribution in [3.63, 3.8) is 0 Å². The number of methoxy groups -OCH3 is 1. The van der Waals surface area contributed by atoms with Crippen LogP contribution >= 0.6 is 0 Å². The molecule has 0 aromatic heterocycles. The van der Waals surface area contributed by atoms with Gasteiger partial charge in [0, 0.05) is 19.5 Å². The van der Waals surface area contributed by atoms with Crippen molar-refractivity contribution in [1.82, 2.24) is 10.2 Å². The van der Waals surface area contributed by atoms with Gasteiger partial charge >= 0.3 is 0 Å². The fourth-order valence-corrected chi connectivity index (χ4v) is 5.01. The number of hydrogen-bond acceptors (Lipinski definition) is 5. The minimum absolute atomic E-state index is 0.0314. The average molecular weight is 570 g/mol. The highest BCUT2D eigenvalue weighted by Crippen LogP contribution is 2.22.